The maximum atomic E-state index is 13.6. The Bertz CT molecular complexity index is 1620. The quantitative estimate of drug-likeness (QED) is 0.248. The number of hydrogen-bond acceptors (Lipinski definition) is 6. The van der Waals surface area contributed by atoms with Gasteiger partial charge in [-0.25, -0.2) is 9.97 Å². The molecule has 3 aromatic heterocycles. The molecular weight excluding hydrogens is 476 g/mol. The molecule has 9 heteroatoms. The van der Waals surface area contributed by atoms with Gasteiger partial charge in [0.1, 0.15) is 10.5 Å². The number of aromatic amines is 1. The van der Waals surface area contributed by atoms with Crippen molar-refractivity contribution in [3.63, 3.8) is 0 Å². The molecular formula is C24H19ClN4O2S2. The number of aromatic nitrogens is 4. The Morgan fingerprint density at radius 2 is 1.91 bits per heavy atom. The maximum absolute atomic E-state index is 13.6. The van der Waals surface area contributed by atoms with Crippen molar-refractivity contribution in [1.29, 1.82) is 0 Å². The van der Waals surface area contributed by atoms with Gasteiger partial charge in [-0.2, -0.15) is 0 Å². The van der Waals surface area contributed by atoms with E-state index in [-0.39, 0.29) is 17.0 Å². The summed E-state index contributed by atoms with van der Waals surface area (Å²) in [4.78, 5) is 38.2. The van der Waals surface area contributed by atoms with Crippen molar-refractivity contribution in [2.75, 3.05) is 0 Å². The lowest BCUT2D eigenvalue weighted by molar-refractivity contribution is 0.780. The number of halogens is 1. The van der Waals surface area contributed by atoms with Gasteiger partial charge in [-0.05, 0) is 47.2 Å². The smallest absolute Gasteiger partial charge is 0.268 e. The molecule has 0 aliphatic carbocycles. The van der Waals surface area contributed by atoms with Crippen LogP contribution >= 0.6 is 34.7 Å². The van der Waals surface area contributed by atoms with E-state index in [4.69, 9.17) is 16.6 Å². The summed E-state index contributed by atoms with van der Waals surface area (Å²) < 4.78 is 2.25. The molecule has 5 rings (SSSR count). The minimum absolute atomic E-state index is 0.161. The lowest BCUT2D eigenvalue weighted by atomic mass is 10.0. The molecule has 0 saturated carbocycles. The summed E-state index contributed by atoms with van der Waals surface area (Å²) in [5.41, 5.74) is 2.71. The van der Waals surface area contributed by atoms with Crippen LogP contribution in [0.5, 0.6) is 0 Å². The van der Waals surface area contributed by atoms with Gasteiger partial charge < -0.3 is 4.98 Å². The molecule has 0 spiro atoms. The first-order valence-corrected chi connectivity index (χ1v) is 12.6. The van der Waals surface area contributed by atoms with Gasteiger partial charge in [-0.3, -0.25) is 14.2 Å². The summed E-state index contributed by atoms with van der Waals surface area (Å²) >= 11 is 8.89. The molecule has 0 bridgehead atoms. The third kappa shape index (κ3) is 4.10. The average molecular weight is 495 g/mol. The third-order valence-electron chi connectivity index (χ3n) is 5.30. The van der Waals surface area contributed by atoms with Crippen molar-refractivity contribution < 1.29 is 0 Å². The molecule has 0 amide bonds. The normalized spacial score (nSPS) is 11.6. The van der Waals surface area contributed by atoms with Crippen molar-refractivity contribution >= 4 is 55.8 Å². The summed E-state index contributed by atoms with van der Waals surface area (Å²) in [5.74, 6) is 1.09. The number of rotatable bonds is 5. The van der Waals surface area contributed by atoms with Gasteiger partial charge in [-0.15, -0.1) is 11.3 Å². The van der Waals surface area contributed by atoms with Crippen LogP contribution in [-0.4, -0.2) is 19.5 Å². The predicted molar refractivity (Wildman–Crippen MR) is 136 cm³/mol. The van der Waals surface area contributed by atoms with Gasteiger partial charge in [0, 0.05) is 5.02 Å². The van der Waals surface area contributed by atoms with E-state index in [1.165, 1.54) is 23.1 Å². The highest BCUT2D eigenvalue weighted by Gasteiger charge is 2.18. The summed E-state index contributed by atoms with van der Waals surface area (Å²) in [6.07, 6.45) is 0. The predicted octanol–water partition coefficient (Wildman–Crippen LogP) is 5.75. The zero-order chi connectivity index (χ0) is 23.1. The number of hydrogen-bond donors (Lipinski definition) is 1. The molecule has 3 heterocycles. The van der Waals surface area contributed by atoms with Crippen LogP contribution in [0.2, 0.25) is 5.02 Å². The number of fused-ring (bicyclic) bond motifs is 2. The second-order valence-corrected chi connectivity index (χ2v) is 10.1. The molecule has 0 aliphatic heterocycles. The fourth-order valence-corrected chi connectivity index (χ4v) is 5.52. The van der Waals surface area contributed by atoms with Gasteiger partial charge in [0.2, 0.25) is 0 Å². The minimum atomic E-state index is -0.165. The van der Waals surface area contributed by atoms with E-state index in [0.29, 0.717) is 42.9 Å². The van der Waals surface area contributed by atoms with Crippen molar-refractivity contribution in [2.24, 2.45) is 0 Å². The largest absolute Gasteiger partial charge is 0.309 e. The van der Waals surface area contributed by atoms with Crippen LogP contribution in [0.15, 0.2) is 68.7 Å². The van der Waals surface area contributed by atoms with Crippen molar-refractivity contribution in [3.05, 3.63) is 91.0 Å². The number of para-hydroxylation sites is 1. The lowest BCUT2D eigenvalue weighted by Gasteiger charge is -2.18. The van der Waals surface area contributed by atoms with Gasteiger partial charge >= 0.3 is 0 Å². The Hall–Kier alpha value is -2.94. The standard InChI is InChI=1S/C24H19ClN4O2S2/c1-13(2)15-5-3-4-6-19(15)29-23(31)16-8-7-14(25)11-18(16)27-24(29)33-12-20-26-17-9-10-32-21(17)22(30)28-20/h3-11,13H,12H2,1-2H3,(H,26,28,30). The number of thioether (sulfide) groups is 1. The van der Waals surface area contributed by atoms with Crippen LogP contribution in [-0.2, 0) is 5.75 Å². The molecule has 0 radical (unpaired) electrons. The number of thiophene rings is 1. The lowest BCUT2D eigenvalue weighted by Crippen LogP contribution is -2.23. The fourth-order valence-electron chi connectivity index (χ4n) is 3.75. The van der Waals surface area contributed by atoms with Crippen LogP contribution in [0, 0.1) is 0 Å². The van der Waals surface area contributed by atoms with Crippen LogP contribution in [0.25, 0.3) is 26.8 Å². The fraction of sp³-hybridized carbons (Fsp3) is 0.167. The second-order valence-electron chi connectivity index (χ2n) is 7.85. The Labute approximate surface area is 202 Å². The van der Waals surface area contributed by atoms with Crippen molar-refractivity contribution in [1.82, 2.24) is 19.5 Å². The Morgan fingerprint density at radius 3 is 2.73 bits per heavy atom. The molecule has 0 atom stereocenters. The highest BCUT2D eigenvalue weighted by molar-refractivity contribution is 7.98. The van der Waals surface area contributed by atoms with Crippen molar-refractivity contribution in [3.8, 4) is 5.69 Å². The highest BCUT2D eigenvalue weighted by Crippen LogP contribution is 2.29. The van der Waals surface area contributed by atoms with Crippen LogP contribution < -0.4 is 11.1 Å². The molecule has 0 saturated heterocycles. The zero-order valence-electron chi connectivity index (χ0n) is 17.8. The van der Waals surface area contributed by atoms with E-state index >= 15 is 0 Å². The zero-order valence-corrected chi connectivity index (χ0v) is 20.2. The molecule has 2 aromatic carbocycles. The molecule has 1 N–H and O–H groups in total. The first-order valence-electron chi connectivity index (χ1n) is 10.3. The molecule has 6 nitrogen and oxygen atoms in total. The topological polar surface area (TPSA) is 80.6 Å². The third-order valence-corrected chi connectivity index (χ3v) is 7.39. The number of nitrogens with zero attached hydrogens (tertiary/aromatic N) is 3. The van der Waals surface area contributed by atoms with E-state index in [1.54, 1.807) is 22.8 Å². The molecule has 0 unspecified atom stereocenters. The average Bonchev–Trinajstić information content (AvgIpc) is 3.27. The number of nitrogens with one attached hydrogen (secondary N) is 1. The number of benzene rings is 2. The Balaban J connectivity index is 1.67. The highest BCUT2D eigenvalue weighted by atomic mass is 35.5. The molecule has 5 aromatic rings. The minimum Gasteiger partial charge on any atom is -0.309 e. The van der Waals surface area contributed by atoms with E-state index in [2.05, 4.69) is 23.8 Å². The molecule has 33 heavy (non-hydrogen) atoms. The molecule has 0 fully saturated rings. The van der Waals surface area contributed by atoms with Gasteiger partial charge in [0.15, 0.2) is 5.16 Å². The first kappa shape index (κ1) is 21.9. The van der Waals surface area contributed by atoms with E-state index < -0.39 is 0 Å². The maximum Gasteiger partial charge on any atom is 0.268 e. The second kappa shape index (κ2) is 8.78. The van der Waals surface area contributed by atoms with Gasteiger partial charge in [0.25, 0.3) is 11.1 Å². The summed E-state index contributed by atoms with van der Waals surface area (Å²) in [7, 11) is 0. The monoisotopic (exact) mass is 494 g/mol. The van der Waals surface area contributed by atoms with Gasteiger partial charge in [0.05, 0.1) is 27.9 Å². The summed E-state index contributed by atoms with van der Waals surface area (Å²) in [6, 6.07) is 14.8. The molecule has 166 valence electrons. The van der Waals surface area contributed by atoms with Crippen LogP contribution in [0.4, 0.5) is 0 Å². The van der Waals surface area contributed by atoms with Crippen molar-refractivity contribution in [2.45, 2.75) is 30.7 Å². The SMILES string of the molecule is CC(C)c1ccccc1-n1c(SCc2nc3ccsc3c(=O)[nH]2)nc2cc(Cl)ccc2c1=O. The Morgan fingerprint density at radius 1 is 1.09 bits per heavy atom. The molecule has 0 aliphatic rings. The number of H-pyrrole nitrogens is 1. The van der Waals surface area contributed by atoms with E-state index in [1.807, 2.05) is 35.7 Å². The van der Waals surface area contributed by atoms with Crippen LogP contribution in [0.3, 0.4) is 0 Å². The summed E-state index contributed by atoms with van der Waals surface area (Å²) in [6.45, 7) is 4.19. The first-order chi connectivity index (χ1) is 15.9. The van der Waals surface area contributed by atoms with E-state index in [0.717, 1.165) is 11.3 Å². The van der Waals surface area contributed by atoms with Gasteiger partial charge in [-0.1, -0.05) is 55.4 Å². The van der Waals surface area contributed by atoms with Crippen LogP contribution in [0.1, 0.15) is 31.2 Å². The van der Waals surface area contributed by atoms with E-state index in [9.17, 15) is 9.59 Å². The summed E-state index contributed by atoms with van der Waals surface area (Å²) in [5, 5.41) is 3.36. The Kier molecular flexibility index (Phi) is 5.82.